The van der Waals surface area contributed by atoms with Gasteiger partial charge in [-0.1, -0.05) is 25.2 Å². The van der Waals surface area contributed by atoms with Crippen LogP contribution >= 0.6 is 0 Å². The minimum Gasteiger partial charge on any atom is -0.375 e. The van der Waals surface area contributed by atoms with E-state index in [-0.39, 0.29) is 6.73 Å². The fourth-order valence-electron chi connectivity index (χ4n) is 0.914. The highest BCUT2D eigenvalue weighted by atomic mass is 16.3. The molecule has 1 atom stereocenters. The minimum atomic E-state index is -0.113. The molecule has 1 aliphatic carbocycles. The average molecular weight is 137 g/mol. The number of allylic oxidation sites excluding steroid dienone is 4. The number of rotatable bonds is 1. The largest absolute Gasteiger partial charge is 0.375 e. The Morgan fingerprint density at radius 3 is 3.00 bits per heavy atom. The predicted molar refractivity (Wildman–Crippen MR) is 42.0 cm³/mol. The van der Waals surface area contributed by atoms with Gasteiger partial charge in [-0.25, -0.2) is 0 Å². The summed E-state index contributed by atoms with van der Waals surface area (Å²) in [5.41, 5.74) is 0.949. The van der Waals surface area contributed by atoms with Crippen LogP contribution in [-0.4, -0.2) is 17.5 Å². The van der Waals surface area contributed by atoms with Gasteiger partial charge in [0.15, 0.2) is 0 Å². The summed E-state index contributed by atoms with van der Waals surface area (Å²) >= 11 is 0. The van der Waals surface area contributed by atoms with Crippen LogP contribution in [0.15, 0.2) is 29.3 Å². The first kappa shape index (κ1) is 7.22. The normalized spacial score (nSPS) is 27.8. The lowest BCUT2D eigenvalue weighted by atomic mass is 10.0. The summed E-state index contributed by atoms with van der Waals surface area (Å²) in [7, 11) is 0. The number of hydrogen-bond donors (Lipinski definition) is 1. The minimum absolute atomic E-state index is 0.113. The molecule has 0 aromatic heterocycles. The van der Waals surface area contributed by atoms with Gasteiger partial charge < -0.3 is 5.11 Å². The van der Waals surface area contributed by atoms with E-state index in [9.17, 15) is 0 Å². The molecule has 0 saturated heterocycles. The number of aliphatic hydroxyl groups excluding tert-OH is 1. The highest BCUT2D eigenvalue weighted by Crippen LogP contribution is 2.07. The summed E-state index contributed by atoms with van der Waals surface area (Å²) in [6.45, 7) is 1.94. The molecule has 10 heavy (non-hydrogen) atoms. The lowest BCUT2D eigenvalue weighted by Crippen LogP contribution is -2.08. The summed E-state index contributed by atoms with van der Waals surface area (Å²) in [6, 6.07) is 0. The first-order valence-electron chi connectivity index (χ1n) is 3.34. The molecule has 54 valence electrons. The van der Waals surface area contributed by atoms with E-state index >= 15 is 0 Å². The van der Waals surface area contributed by atoms with Gasteiger partial charge in [-0.15, -0.1) is 0 Å². The third-order valence-corrected chi connectivity index (χ3v) is 1.50. The van der Waals surface area contributed by atoms with Crippen LogP contribution in [0.5, 0.6) is 0 Å². The van der Waals surface area contributed by atoms with Gasteiger partial charge in [0.05, 0.1) is 0 Å². The zero-order chi connectivity index (χ0) is 7.40. The van der Waals surface area contributed by atoms with Gasteiger partial charge >= 0.3 is 0 Å². The van der Waals surface area contributed by atoms with E-state index in [1.165, 1.54) is 0 Å². The molecule has 0 radical (unpaired) electrons. The summed E-state index contributed by atoms with van der Waals surface area (Å²) in [5, 5.41) is 8.49. The van der Waals surface area contributed by atoms with Gasteiger partial charge in [-0.3, -0.25) is 4.99 Å². The van der Waals surface area contributed by atoms with Crippen molar-refractivity contribution in [1.82, 2.24) is 0 Å². The average Bonchev–Trinajstić information content (AvgIpc) is 1.94. The number of nitrogens with zero attached hydrogens (tertiary/aromatic N) is 1. The lowest BCUT2D eigenvalue weighted by Gasteiger charge is -2.08. The Morgan fingerprint density at radius 2 is 2.40 bits per heavy atom. The standard InChI is InChI=1S/C8H11NO/c1-7-4-2-3-5-8(7)9-6-10/h2-5,7,10H,6H2,1H3. The zero-order valence-electron chi connectivity index (χ0n) is 5.99. The molecule has 0 saturated carbocycles. The molecular weight excluding hydrogens is 126 g/mol. The highest BCUT2D eigenvalue weighted by Gasteiger charge is 2.04. The second-order valence-electron chi connectivity index (χ2n) is 2.26. The van der Waals surface area contributed by atoms with Crippen molar-refractivity contribution in [3.63, 3.8) is 0 Å². The van der Waals surface area contributed by atoms with Crippen LogP contribution in [0.3, 0.4) is 0 Å². The Bertz CT molecular complexity index is 191. The van der Waals surface area contributed by atoms with Crippen molar-refractivity contribution in [3.8, 4) is 0 Å². The second-order valence-corrected chi connectivity index (χ2v) is 2.26. The van der Waals surface area contributed by atoms with Crippen molar-refractivity contribution in [1.29, 1.82) is 0 Å². The van der Waals surface area contributed by atoms with Crippen LogP contribution in [0.25, 0.3) is 0 Å². The third kappa shape index (κ3) is 1.54. The molecule has 2 nitrogen and oxygen atoms in total. The Hall–Kier alpha value is -0.890. The summed E-state index contributed by atoms with van der Waals surface area (Å²) in [4.78, 5) is 3.90. The SMILES string of the molecule is CC1C=CC=CC1=NCO. The van der Waals surface area contributed by atoms with Crippen LogP contribution in [0.4, 0.5) is 0 Å². The zero-order valence-corrected chi connectivity index (χ0v) is 5.99. The molecule has 0 aliphatic heterocycles. The molecule has 0 bridgehead atoms. The monoisotopic (exact) mass is 137 g/mol. The molecule has 1 N–H and O–H groups in total. The van der Waals surface area contributed by atoms with E-state index in [0.29, 0.717) is 5.92 Å². The quantitative estimate of drug-likeness (QED) is 0.577. The fraction of sp³-hybridized carbons (Fsp3) is 0.375. The van der Waals surface area contributed by atoms with Gasteiger partial charge in [-0.2, -0.15) is 0 Å². The molecule has 1 rings (SSSR count). The van der Waals surface area contributed by atoms with Crippen molar-refractivity contribution in [3.05, 3.63) is 24.3 Å². The van der Waals surface area contributed by atoms with Crippen molar-refractivity contribution in [2.24, 2.45) is 10.9 Å². The van der Waals surface area contributed by atoms with E-state index in [2.05, 4.69) is 18.0 Å². The van der Waals surface area contributed by atoms with E-state index in [1.807, 2.05) is 18.2 Å². The van der Waals surface area contributed by atoms with E-state index in [4.69, 9.17) is 5.11 Å². The first-order chi connectivity index (χ1) is 4.84. The van der Waals surface area contributed by atoms with Crippen LogP contribution in [0.2, 0.25) is 0 Å². The van der Waals surface area contributed by atoms with Crippen molar-refractivity contribution in [2.45, 2.75) is 6.92 Å². The van der Waals surface area contributed by atoms with E-state index < -0.39 is 0 Å². The van der Waals surface area contributed by atoms with Crippen molar-refractivity contribution < 1.29 is 5.11 Å². The molecule has 1 aliphatic rings. The molecule has 2 heteroatoms. The topological polar surface area (TPSA) is 32.6 Å². The highest BCUT2D eigenvalue weighted by molar-refractivity contribution is 5.98. The van der Waals surface area contributed by atoms with Gasteiger partial charge in [-0.05, 0) is 6.08 Å². The van der Waals surface area contributed by atoms with Gasteiger partial charge in [0, 0.05) is 11.6 Å². The Balaban J connectivity index is 2.70. The fourth-order valence-corrected chi connectivity index (χ4v) is 0.914. The van der Waals surface area contributed by atoms with Crippen LogP contribution < -0.4 is 0 Å². The predicted octanol–water partition coefficient (Wildman–Crippen LogP) is 1.14. The first-order valence-corrected chi connectivity index (χ1v) is 3.34. The third-order valence-electron chi connectivity index (χ3n) is 1.50. The summed E-state index contributed by atoms with van der Waals surface area (Å²) in [5.74, 6) is 0.345. The maximum atomic E-state index is 8.49. The Morgan fingerprint density at radius 1 is 1.60 bits per heavy atom. The smallest absolute Gasteiger partial charge is 0.134 e. The van der Waals surface area contributed by atoms with Crippen LogP contribution in [0, 0.1) is 5.92 Å². The number of aliphatic hydroxyl groups is 1. The molecule has 1 unspecified atom stereocenters. The molecule has 0 spiro atoms. The molecule has 0 aromatic carbocycles. The summed E-state index contributed by atoms with van der Waals surface area (Å²) in [6.07, 6.45) is 7.88. The van der Waals surface area contributed by atoms with E-state index in [0.717, 1.165) is 5.71 Å². The van der Waals surface area contributed by atoms with E-state index in [1.54, 1.807) is 0 Å². The Kier molecular flexibility index (Phi) is 2.40. The van der Waals surface area contributed by atoms with Crippen LogP contribution in [0.1, 0.15) is 6.92 Å². The molecule has 0 heterocycles. The van der Waals surface area contributed by atoms with Crippen LogP contribution in [-0.2, 0) is 0 Å². The number of aliphatic imine (C=N–C) groups is 1. The van der Waals surface area contributed by atoms with Crippen molar-refractivity contribution >= 4 is 5.71 Å². The summed E-state index contributed by atoms with van der Waals surface area (Å²) < 4.78 is 0. The second kappa shape index (κ2) is 3.32. The molecular formula is C8H11NO. The lowest BCUT2D eigenvalue weighted by molar-refractivity contribution is 0.309. The van der Waals surface area contributed by atoms with Gasteiger partial charge in [0.1, 0.15) is 6.73 Å². The number of hydrogen-bond acceptors (Lipinski definition) is 2. The maximum absolute atomic E-state index is 8.49. The molecule has 0 amide bonds. The molecule has 0 aromatic rings. The molecule has 0 fully saturated rings. The van der Waals surface area contributed by atoms with Crippen molar-refractivity contribution in [2.75, 3.05) is 6.73 Å². The van der Waals surface area contributed by atoms with Gasteiger partial charge in [0.25, 0.3) is 0 Å². The Labute approximate surface area is 60.6 Å². The van der Waals surface area contributed by atoms with Gasteiger partial charge in [0.2, 0.25) is 0 Å². The maximum Gasteiger partial charge on any atom is 0.134 e.